The van der Waals surface area contributed by atoms with Gasteiger partial charge >= 0.3 is 0 Å². The van der Waals surface area contributed by atoms with Gasteiger partial charge in [-0.25, -0.2) is 0 Å². The number of halogens is 1. The predicted octanol–water partition coefficient (Wildman–Crippen LogP) is 4.39. The third-order valence-electron chi connectivity index (χ3n) is 1.51. The molecule has 0 bridgehead atoms. The molecule has 0 aliphatic rings. The van der Waals surface area contributed by atoms with Crippen LogP contribution in [-0.4, -0.2) is 19.4 Å². The number of rotatable bonds is 8. The van der Waals surface area contributed by atoms with E-state index >= 15 is 0 Å². The van der Waals surface area contributed by atoms with Crippen LogP contribution in [-0.2, 0) is 9.05 Å². The molecule has 0 aromatic rings. The molecule has 0 fully saturated rings. The molecule has 0 radical (unpaired) electrons. The first-order valence-electron chi connectivity index (χ1n) is 4.85. The molecule has 4 heteroatoms. The SMILES string of the molecule is C=C/C=C(/CP(OCC)OCC)C(=C)Br. The van der Waals surface area contributed by atoms with Crippen LogP contribution in [0.4, 0.5) is 0 Å². The van der Waals surface area contributed by atoms with Gasteiger partial charge in [-0.3, -0.25) is 0 Å². The van der Waals surface area contributed by atoms with Crippen molar-refractivity contribution in [2.45, 2.75) is 13.8 Å². The molecule has 0 spiro atoms. The van der Waals surface area contributed by atoms with Crippen molar-refractivity contribution in [2.24, 2.45) is 0 Å². The molecule has 15 heavy (non-hydrogen) atoms. The van der Waals surface area contributed by atoms with Crippen LogP contribution in [0.5, 0.6) is 0 Å². The molecule has 86 valence electrons. The van der Waals surface area contributed by atoms with E-state index in [-0.39, 0.29) is 0 Å². The van der Waals surface area contributed by atoms with Crippen LogP contribution in [0, 0.1) is 0 Å². The van der Waals surface area contributed by atoms with Crippen molar-refractivity contribution in [2.75, 3.05) is 19.4 Å². The monoisotopic (exact) mass is 292 g/mol. The van der Waals surface area contributed by atoms with Crippen molar-refractivity contribution >= 4 is 24.3 Å². The summed E-state index contributed by atoms with van der Waals surface area (Å²) in [7, 11) is -0.851. The van der Waals surface area contributed by atoms with E-state index in [0.717, 1.165) is 16.2 Å². The lowest BCUT2D eigenvalue weighted by atomic mass is 10.3. The zero-order valence-corrected chi connectivity index (χ0v) is 11.8. The molecule has 0 aliphatic carbocycles. The Bertz CT molecular complexity index is 233. The van der Waals surface area contributed by atoms with Crippen LogP contribution < -0.4 is 0 Å². The Morgan fingerprint density at radius 2 is 1.87 bits per heavy atom. The summed E-state index contributed by atoms with van der Waals surface area (Å²) < 4.78 is 11.9. The fraction of sp³-hybridized carbons (Fsp3) is 0.455. The second-order valence-electron chi connectivity index (χ2n) is 2.66. The first kappa shape index (κ1) is 15.0. The summed E-state index contributed by atoms with van der Waals surface area (Å²) in [6.45, 7) is 12.8. The topological polar surface area (TPSA) is 18.5 Å². The molecule has 0 heterocycles. The minimum Gasteiger partial charge on any atom is -0.334 e. The second-order valence-corrected chi connectivity index (χ2v) is 5.11. The van der Waals surface area contributed by atoms with E-state index < -0.39 is 8.38 Å². The molecule has 0 saturated carbocycles. The molecule has 0 aromatic carbocycles. The van der Waals surface area contributed by atoms with E-state index in [0.29, 0.717) is 13.2 Å². The smallest absolute Gasteiger partial charge is 0.175 e. The Labute approximate surface area is 102 Å². The highest BCUT2D eigenvalue weighted by atomic mass is 79.9. The Morgan fingerprint density at radius 1 is 1.33 bits per heavy atom. The van der Waals surface area contributed by atoms with Gasteiger partial charge in [-0.05, 0) is 19.4 Å². The first-order chi connectivity index (χ1) is 7.15. The third kappa shape index (κ3) is 7.02. The quantitative estimate of drug-likeness (QED) is 0.488. The van der Waals surface area contributed by atoms with Gasteiger partial charge in [-0.15, -0.1) is 0 Å². The summed E-state index contributed by atoms with van der Waals surface area (Å²) >= 11 is 3.36. The number of hydrogen-bond acceptors (Lipinski definition) is 2. The maximum atomic E-state index is 5.51. The van der Waals surface area contributed by atoms with Gasteiger partial charge in [0.15, 0.2) is 8.38 Å². The molecule has 0 atom stereocenters. The molecule has 0 aliphatic heterocycles. The van der Waals surface area contributed by atoms with Crippen LogP contribution >= 0.6 is 24.3 Å². The van der Waals surface area contributed by atoms with E-state index in [9.17, 15) is 0 Å². The zero-order chi connectivity index (χ0) is 11.7. The molecular formula is C11H18BrO2P. The van der Waals surface area contributed by atoms with E-state index in [4.69, 9.17) is 9.05 Å². The van der Waals surface area contributed by atoms with Gasteiger partial charge in [0.05, 0.1) is 13.2 Å². The lowest BCUT2D eigenvalue weighted by Crippen LogP contribution is -1.98. The van der Waals surface area contributed by atoms with Gasteiger partial charge in [0, 0.05) is 10.6 Å². The molecule has 0 aromatic heterocycles. The fourth-order valence-electron chi connectivity index (χ4n) is 0.927. The van der Waals surface area contributed by atoms with Gasteiger partial charge in [-0.1, -0.05) is 41.2 Å². The van der Waals surface area contributed by atoms with Gasteiger partial charge in [-0.2, -0.15) is 0 Å². The van der Waals surface area contributed by atoms with Crippen LogP contribution in [0.15, 0.2) is 35.4 Å². The van der Waals surface area contributed by atoms with Crippen molar-refractivity contribution in [1.82, 2.24) is 0 Å². The van der Waals surface area contributed by atoms with Crippen molar-refractivity contribution < 1.29 is 9.05 Å². The summed E-state index contributed by atoms with van der Waals surface area (Å²) in [6.07, 6.45) is 4.41. The Kier molecular flexibility index (Phi) is 9.32. The van der Waals surface area contributed by atoms with E-state index in [1.807, 2.05) is 19.9 Å². The number of hydrogen-bond donors (Lipinski definition) is 0. The van der Waals surface area contributed by atoms with Crippen molar-refractivity contribution in [3.8, 4) is 0 Å². The lowest BCUT2D eigenvalue weighted by Gasteiger charge is -2.16. The van der Waals surface area contributed by atoms with Crippen LogP contribution in [0.2, 0.25) is 0 Å². The zero-order valence-electron chi connectivity index (χ0n) is 9.33. The van der Waals surface area contributed by atoms with Gasteiger partial charge in [0.25, 0.3) is 0 Å². The summed E-state index contributed by atoms with van der Waals surface area (Å²) in [4.78, 5) is 0. The number of allylic oxidation sites excluding steroid dienone is 4. The molecule has 0 saturated heterocycles. The maximum absolute atomic E-state index is 5.51. The summed E-state index contributed by atoms with van der Waals surface area (Å²) in [6, 6.07) is 0. The lowest BCUT2D eigenvalue weighted by molar-refractivity contribution is 0.271. The van der Waals surface area contributed by atoms with Gasteiger partial charge < -0.3 is 9.05 Å². The Morgan fingerprint density at radius 3 is 2.20 bits per heavy atom. The Balaban J connectivity index is 4.38. The molecule has 2 nitrogen and oxygen atoms in total. The standard InChI is InChI=1S/C11H18BrO2P/c1-5-8-11(10(4)12)9-15(13-6-2)14-7-3/h5,8H,1,4,6-7,9H2,2-3H3/b11-8-. The van der Waals surface area contributed by atoms with Gasteiger partial charge in [0.1, 0.15) is 0 Å². The second kappa shape index (κ2) is 9.29. The van der Waals surface area contributed by atoms with Crippen molar-refractivity contribution in [1.29, 1.82) is 0 Å². The third-order valence-corrected chi connectivity index (χ3v) is 3.71. The van der Waals surface area contributed by atoms with Crippen LogP contribution in [0.1, 0.15) is 13.8 Å². The Hall–Kier alpha value is 0.0500. The minimum absolute atomic E-state index is 0.668. The highest BCUT2D eigenvalue weighted by Crippen LogP contribution is 2.41. The summed E-state index contributed by atoms with van der Waals surface area (Å²) in [5.74, 6) is 0. The van der Waals surface area contributed by atoms with E-state index in [1.165, 1.54) is 0 Å². The van der Waals surface area contributed by atoms with Crippen molar-refractivity contribution in [3.05, 3.63) is 35.4 Å². The average Bonchev–Trinajstić information content (AvgIpc) is 2.17. The minimum atomic E-state index is -0.851. The first-order valence-corrected chi connectivity index (χ1v) is 7.01. The normalized spacial score (nSPS) is 11.9. The maximum Gasteiger partial charge on any atom is 0.175 e. The highest BCUT2D eigenvalue weighted by molar-refractivity contribution is 9.11. The van der Waals surface area contributed by atoms with Crippen LogP contribution in [0.25, 0.3) is 0 Å². The van der Waals surface area contributed by atoms with E-state index in [2.05, 4.69) is 29.1 Å². The molecule has 0 amide bonds. The average molecular weight is 293 g/mol. The molecule has 0 N–H and O–H groups in total. The van der Waals surface area contributed by atoms with Crippen LogP contribution in [0.3, 0.4) is 0 Å². The fourth-order valence-corrected chi connectivity index (χ4v) is 2.82. The van der Waals surface area contributed by atoms with E-state index in [1.54, 1.807) is 6.08 Å². The summed E-state index contributed by atoms with van der Waals surface area (Å²) in [5.41, 5.74) is 1.07. The summed E-state index contributed by atoms with van der Waals surface area (Å²) in [5, 5.41) is 0. The van der Waals surface area contributed by atoms with Crippen molar-refractivity contribution in [3.63, 3.8) is 0 Å². The largest absolute Gasteiger partial charge is 0.334 e. The predicted molar refractivity (Wildman–Crippen MR) is 71.4 cm³/mol. The molecular weight excluding hydrogens is 275 g/mol. The molecule has 0 unspecified atom stereocenters. The van der Waals surface area contributed by atoms with Gasteiger partial charge in [0.2, 0.25) is 0 Å². The molecule has 0 rings (SSSR count). The highest BCUT2D eigenvalue weighted by Gasteiger charge is 2.12.